The van der Waals surface area contributed by atoms with Crippen molar-refractivity contribution >= 4 is 17.7 Å². The number of nitrogens with zero attached hydrogens (tertiary/aromatic N) is 6. The number of carbonyl (C=O) groups excluding carboxylic acids is 1. The minimum absolute atomic E-state index is 0.00266. The van der Waals surface area contributed by atoms with E-state index < -0.39 is 29.7 Å². The number of aromatic nitrogens is 5. The van der Waals surface area contributed by atoms with Crippen molar-refractivity contribution in [1.29, 1.82) is 0 Å². The molecule has 10 nitrogen and oxygen atoms in total. The molecule has 1 aliphatic carbocycles. The first kappa shape index (κ1) is 24.1. The Morgan fingerprint density at radius 3 is 2.67 bits per heavy atom. The molecule has 3 aromatic rings. The Morgan fingerprint density at radius 2 is 1.97 bits per heavy atom. The summed E-state index contributed by atoms with van der Waals surface area (Å²) in [4.78, 5) is 27.0. The van der Waals surface area contributed by atoms with Crippen LogP contribution >= 0.6 is 0 Å². The van der Waals surface area contributed by atoms with E-state index >= 15 is 0 Å². The molecule has 12 heteroatoms. The molecule has 4 heterocycles. The van der Waals surface area contributed by atoms with E-state index in [0.717, 1.165) is 24.7 Å². The van der Waals surface area contributed by atoms with Gasteiger partial charge < -0.3 is 19.7 Å². The van der Waals surface area contributed by atoms with E-state index in [4.69, 9.17) is 14.5 Å². The molecule has 0 radical (unpaired) electrons. The number of methoxy groups -OCH3 is 1. The Kier molecular flexibility index (Phi) is 6.13. The van der Waals surface area contributed by atoms with Crippen molar-refractivity contribution in [2.45, 2.75) is 63.8 Å². The standard InChI is InChI=1S/C24H29F2N7O3/c1-24(2,3)36-23(34)32-8-7-15(25)17(11-32)29-22-27-10-16(26)20(31-22)14-9-28-33-12-18(35-4)19(13-5-6-13)30-21(14)33/h9-10,12-13,15,17H,5-8,11H2,1-4H3,(H,27,29,31)/t15-,17-/m0/s1. The number of halogens is 2. The summed E-state index contributed by atoms with van der Waals surface area (Å²) in [6.07, 6.45) is 4.65. The molecule has 2 atom stereocenters. The summed E-state index contributed by atoms with van der Waals surface area (Å²) in [5.74, 6) is 0.323. The first-order valence-electron chi connectivity index (χ1n) is 12.0. The van der Waals surface area contributed by atoms with Crippen LogP contribution in [0.15, 0.2) is 18.6 Å². The number of amides is 1. The second-order valence-corrected chi connectivity index (χ2v) is 10.2. The first-order chi connectivity index (χ1) is 17.1. The number of nitrogens with one attached hydrogen (secondary N) is 1. The lowest BCUT2D eigenvalue weighted by molar-refractivity contribution is 0.0150. The van der Waals surface area contributed by atoms with Gasteiger partial charge in [0.2, 0.25) is 5.95 Å². The molecule has 0 aromatic carbocycles. The number of ether oxygens (including phenoxy) is 2. The molecule has 2 aliphatic rings. The average Bonchev–Trinajstić information content (AvgIpc) is 3.59. The molecular weight excluding hydrogens is 472 g/mol. The van der Waals surface area contributed by atoms with E-state index in [1.54, 1.807) is 34.1 Å². The molecule has 0 spiro atoms. The number of alkyl halides is 1. The van der Waals surface area contributed by atoms with Gasteiger partial charge in [0.15, 0.2) is 17.2 Å². The summed E-state index contributed by atoms with van der Waals surface area (Å²) < 4.78 is 42.0. The highest BCUT2D eigenvalue weighted by Gasteiger charge is 2.34. The molecule has 1 aliphatic heterocycles. The molecule has 36 heavy (non-hydrogen) atoms. The predicted octanol–water partition coefficient (Wildman–Crippen LogP) is 3.97. The zero-order valence-electron chi connectivity index (χ0n) is 20.7. The first-order valence-corrected chi connectivity index (χ1v) is 12.0. The van der Waals surface area contributed by atoms with Crippen LogP contribution in [0, 0.1) is 5.82 Å². The fourth-order valence-corrected chi connectivity index (χ4v) is 4.22. The van der Waals surface area contributed by atoms with Crippen LogP contribution < -0.4 is 10.1 Å². The number of hydrogen-bond acceptors (Lipinski definition) is 8. The number of rotatable bonds is 5. The van der Waals surface area contributed by atoms with Crippen LogP contribution in [0.1, 0.15) is 51.6 Å². The van der Waals surface area contributed by atoms with Gasteiger partial charge in [-0.15, -0.1) is 0 Å². The molecule has 1 saturated carbocycles. The Labute approximate surface area is 207 Å². The van der Waals surface area contributed by atoms with Crippen molar-refractivity contribution in [3.8, 4) is 17.0 Å². The maximum atomic E-state index is 14.9. The number of carbonyl (C=O) groups is 1. The third kappa shape index (κ3) is 4.89. The molecule has 1 amide bonds. The fourth-order valence-electron chi connectivity index (χ4n) is 4.22. The maximum Gasteiger partial charge on any atom is 0.410 e. The Balaban J connectivity index is 1.41. The monoisotopic (exact) mass is 501 g/mol. The van der Waals surface area contributed by atoms with Gasteiger partial charge in [0.1, 0.15) is 17.5 Å². The van der Waals surface area contributed by atoms with Crippen LogP contribution in [0.25, 0.3) is 16.9 Å². The summed E-state index contributed by atoms with van der Waals surface area (Å²) in [6, 6.07) is -0.780. The summed E-state index contributed by atoms with van der Waals surface area (Å²) in [5.41, 5.74) is 0.978. The average molecular weight is 502 g/mol. The smallest absolute Gasteiger partial charge is 0.410 e. The lowest BCUT2D eigenvalue weighted by Gasteiger charge is -2.36. The number of anilines is 1. The highest BCUT2D eigenvalue weighted by atomic mass is 19.1. The van der Waals surface area contributed by atoms with E-state index in [0.29, 0.717) is 22.9 Å². The molecular formula is C24H29F2N7O3. The van der Waals surface area contributed by atoms with E-state index in [2.05, 4.69) is 20.4 Å². The quantitative estimate of drug-likeness (QED) is 0.560. The van der Waals surface area contributed by atoms with Gasteiger partial charge in [-0.2, -0.15) is 5.10 Å². The van der Waals surface area contributed by atoms with Gasteiger partial charge in [-0.1, -0.05) is 0 Å². The summed E-state index contributed by atoms with van der Waals surface area (Å²) >= 11 is 0. The van der Waals surface area contributed by atoms with Gasteiger partial charge in [0.05, 0.1) is 43.0 Å². The van der Waals surface area contributed by atoms with E-state index in [1.165, 1.54) is 15.6 Å². The van der Waals surface area contributed by atoms with Gasteiger partial charge in [-0.25, -0.2) is 33.0 Å². The van der Waals surface area contributed by atoms with Crippen molar-refractivity contribution in [3.05, 3.63) is 30.1 Å². The maximum absolute atomic E-state index is 14.9. The Morgan fingerprint density at radius 1 is 1.19 bits per heavy atom. The minimum atomic E-state index is -1.24. The van der Waals surface area contributed by atoms with Gasteiger partial charge in [-0.05, 0) is 40.0 Å². The highest BCUT2D eigenvalue weighted by Crippen LogP contribution is 2.43. The van der Waals surface area contributed by atoms with Crippen LogP contribution in [0.5, 0.6) is 5.75 Å². The zero-order valence-corrected chi connectivity index (χ0v) is 20.7. The Bertz CT molecular complexity index is 1290. The van der Waals surface area contributed by atoms with Crippen molar-refractivity contribution in [3.63, 3.8) is 0 Å². The van der Waals surface area contributed by atoms with Crippen LogP contribution in [-0.4, -0.2) is 73.6 Å². The van der Waals surface area contributed by atoms with Crippen LogP contribution in [0.4, 0.5) is 19.5 Å². The number of piperidine rings is 1. The summed E-state index contributed by atoms with van der Waals surface area (Å²) in [5, 5.41) is 7.22. The lowest BCUT2D eigenvalue weighted by atomic mass is 10.0. The van der Waals surface area contributed by atoms with Gasteiger partial charge in [0.25, 0.3) is 0 Å². The normalized spacial score (nSPS) is 20.4. The summed E-state index contributed by atoms with van der Waals surface area (Å²) in [6.45, 7) is 5.62. The summed E-state index contributed by atoms with van der Waals surface area (Å²) in [7, 11) is 1.58. The second kappa shape index (κ2) is 9.14. The van der Waals surface area contributed by atoms with Crippen molar-refractivity contribution in [2.75, 3.05) is 25.5 Å². The number of likely N-dealkylation sites (tertiary alicyclic amines) is 1. The van der Waals surface area contributed by atoms with Gasteiger partial charge in [0, 0.05) is 19.0 Å². The minimum Gasteiger partial charge on any atom is -0.493 e. The molecule has 1 saturated heterocycles. The van der Waals surface area contributed by atoms with Crippen molar-refractivity contribution < 1.29 is 23.0 Å². The Hall–Kier alpha value is -3.57. The largest absolute Gasteiger partial charge is 0.493 e. The molecule has 1 N–H and O–H groups in total. The van der Waals surface area contributed by atoms with Crippen molar-refractivity contribution in [2.24, 2.45) is 0 Å². The molecule has 192 valence electrons. The van der Waals surface area contributed by atoms with E-state index in [-0.39, 0.29) is 31.2 Å². The van der Waals surface area contributed by atoms with Crippen LogP contribution in [-0.2, 0) is 4.74 Å². The molecule has 2 fully saturated rings. The van der Waals surface area contributed by atoms with Gasteiger partial charge in [-0.3, -0.25) is 0 Å². The second-order valence-electron chi connectivity index (χ2n) is 10.2. The van der Waals surface area contributed by atoms with E-state index in [9.17, 15) is 13.6 Å². The molecule has 3 aromatic heterocycles. The lowest BCUT2D eigenvalue weighted by Crippen LogP contribution is -2.52. The zero-order chi connectivity index (χ0) is 25.6. The van der Waals surface area contributed by atoms with E-state index in [1.807, 2.05) is 0 Å². The molecule has 0 bridgehead atoms. The SMILES string of the molecule is COc1cn2ncc(-c3nc(N[C@H]4CN(C(=O)OC(C)(C)C)CC[C@@H]4F)ncc3F)c2nc1C1CC1. The van der Waals surface area contributed by atoms with Crippen LogP contribution in [0.3, 0.4) is 0 Å². The van der Waals surface area contributed by atoms with Crippen molar-refractivity contribution in [1.82, 2.24) is 29.5 Å². The number of hydrogen-bond donors (Lipinski definition) is 1. The third-order valence-electron chi connectivity index (χ3n) is 6.17. The molecule has 0 unspecified atom stereocenters. The third-order valence-corrected chi connectivity index (χ3v) is 6.17. The highest BCUT2D eigenvalue weighted by molar-refractivity contribution is 5.75. The van der Waals surface area contributed by atoms with Gasteiger partial charge >= 0.3 is 6.09 Å². The predicted molar refractivity (Wildman–Crippen MR) is 127 cm³/mol. The molecule has 5 rings (SSSR count). The fraction of sp³-hybridized carbons (Fsp3) is 0.542. The topological polar surface area (TPSA) is 107 Å². The van der Waals surface area contributed by atoms with Crippen LogP contribution in [0.2, 0.25) is 0 Å². The number of fused-ring (bicyclic) bond motifs is 1.